The Morgan fingerprint density at radius 3 is 3.12 bits per heavy atom. The molecule has 0 aliphatic carbocycles. The van der Waals surface area contributed by atoms with Gasteiger partial charge in [-0.3, -0.25) is 9.88 Å². The van der Waals surface area contributed by atoms with Gasteiger partial charge in [-0.2, -0.15) is 0 Å². The normalized spacial score (nSPS) is 20.9. The fourth-order valence-electron chi connectivity index (χ4n) is 2.48. The van der Waals surface area contributed by atoms with E-state index in [1.54, 1.807) is 11.3 Å². The standard InChI is InChI=1S/C13H23N3S/c1-2-7-16(10-13-8-14-11-17-13)9-12-5-3-4-6-15-12/h8,11-12,15H,2-7,9-10H2,1H3. The summed E-state index contributed by atoms with van der Waals surface area (Å²) in [4.78, 5) is 8.11. The van der Waals surface area contributed by atoms with Gasteiger partial charge in [-0.05, 0) is 32.4 Å². The Labute approximate surface area is 108 Å². The summed E-state index contributed by atoms with van der Waals surface area (Å²) in [6, 6.07) is 0.697. The summed E-state index contributed by atoms with van der Waals surface area (Å²) >= 11 is 1.77. The van der Waals surface area contributed by atoms with E-state index >= 15 is 0 Å². The lowest BCUT2D eigenvalue weighted by Crippen LogP contribution is -2.43. The summed E-state index contributed by atoms with van der Waals surface area (Å²) in [5, 5.41) is 3.63. The molecule has 0 saturated carbocycles. The van der Waals surface area contributed by atoms with E-state index in [4.69, 9.17) is 0 Å². The van der Waals surface area contributed by atoms with E-state index < -0.39 is 0 Å². The van der Waals surface area contributed by atoms with Crippen LogP contribution >= 0.6 is 11.3 Å². The molecule has 1 unspecified atom stereocenters. The van der Waals surface area contributed by atoms with Crippen LogP contribution in [-0.4, -0.2) is 35.6 Å². The van der Waals surface area contributed by atoms with Gasteiger partial charge >= 0.3 is 0 Å². The summed E-state index contributed by atoms with van der Waals surface area (Å²) in [7, 11) is 0. The van der Waals surface area contributed by atoms with E-state index in [1.165, 1.54) is 50.2 Å². The fourth-order valence-corrected chi connectivity index (χ4v) is 3.12. The van der Waals surface area contributed by atoms with Crippen LogP contribution in [0.3, 0.4) is 0 Å². The van der Waals surface area contributed by atoms with Crippen LogP contribution < -0.4 is 5.32 Å². The highest BCUT2D eigenvalue weighted by Crippen LogP contribution is 2.13. The summed E-state index contributed by atoms with van der Waals surface area (Å²) in [6.45, 7) is 6.90. The van der Waals surface area contributed by atoms with Crippen molar-refractivity contribution < 1.29 is 0 Å². The molecule has 1 aliphatic rings. The number of thiazole rings is 1. The summed E-state index contributed by atoms with van der Waals surface area (Å²) in [6.07, 6.45) is 7.30. The van der Waals surface area contributed by atoms with Crippen LogP contribution in [0.2, 0.25) is 0 Å². The smallest absolute Gasteiger partial charge is 0.0794 e. The Kier molecular flexibility index (Phi) is 5.42. The molecule has 1 N–H and O–H groups in total. The molecule has 1 aromatic rings. The monoisotopic (exact) mass is 253 g/mol. The van der Waals surface area contributed by atoms with Crippen molar-refractivity contribution in [1.82, 2.24) is 15.2 Å². The minimum absolute atomic E-state index is 0.697. The lowest BCUT2D eigenvalue weighted by atomic mass is 10.0. The number of rotatable bonds is 6. The molecule has 0 amide bonds. The Morgan fingerprint density at radius 1 is 1.53 bits per heavy atom. The van der Waals surface area contributed by atoms with Gasteiger partial charge in [0.25, 0.3) is 0 Å². The summed E-state index contributed by atoms with van der Waals surface area (Å²) in [5.74, 6) is 0. The molecular formula is C13H23N3S. The molecule has 1 aliphatic heterocycles. The highest BCUT2D eigenvalue weighted by Gasteiger charge is 2.16. The van der Waals surface area contributed by atoms with Gasteiger partial charge in [0.15, 0.2) is 0 Å². The maximum atomic E-state index is 4.16. The zero-order valence-electron chi connectivity index (χ0n) is 10.7. The number of aromatic nitrogens is 1. The van der Waals surface area contributed by atoms with Crippen molar-refractivity contribution in [2.24, 2.45) is 0 Å². The van der Waals surface area contributed by atoms with Gasteiger partial charge in [0, 0.05) is 30.2 Å². The predicted molar refractivity (Wildman–Crippen MR) is 73.3 cm³/mol. The zero-order chi connectivity index (χ0) is 11.9. The van der Waals surface area contributed by atoms with Crippen molar-refractivity contribution in [3.8, 4) is 0 Å². The molecule has 17 heavy (non-hydrogen) atoms. The third-order valence-corrected chi connectivity index (χ3v) is 4.06. The molecule has 96 valence electrons. The van der Waals surface area contributed by atoms with E-state index in [0.717, 1.165) is 6.54 Å². The van der Waals surface area contributed by atoms with E-state index in [9.17, 15) is 0 Å². The van der Waals surface area contributed by atoms with Crippen LogP contribution in [0.15, 0.2) is 11.7 Å². The van der Waals surface area contributed by atoms with Crippen LogP contribution in [0.1, 0.15) is 37.5 Å². The number of hydrogen-bond acceptors (Lipinski definition) is 4. The highest BCUT2D eigenvalue weighted by atomic mass is 32.1. The predicted octanol–water partition coefficient (Wildman–Crippen LogP) is 2.50. The Hall–Kier alpha value is -0.450. The van der Waals surface area contributed by atoms with Gasteiger partial charge < -0.3 is 5.32 Å². The molecule has 4 heteroatoms. The van der Waals surface area contributed by atoms with Gasteiger partial charge in [-0.15, -0.1) is 11.3 Å². The molecule has 0 radical (unpaired) electrons. The lowest BCUT2D eigenvalue weighted by Gasteiger charge is -2.30. The number of hydrogen-bond donors (Lipinski definition) is 1. The molecule has 2 heterocycles. The SMILES string of the molecule is CCCN(Cc1cncs1)CC1CCCCN1. The Balaban J connectivity index is 1.83. The Bertz CT molecular complexity index is 294. The average Bonchev–Trinajstić information content (AvgIpc) is 2.83. The largest absolute Gasteiger partial charge is 0.313 e. The van der Waals surface area contributed by atoms with Crippen molar-refractivity contribution in [3.05, 3.63) is 16.6 Å². The fraction of sp³-hybridized carbons (Fsp3) is 0.769. The molecule has 2 rings (SSSR count). The first-order chi connectivity index (χ1) is 8.38. The Morgan fingerprint density at radius 2 is 2.47 bits per heavy atom. The number of nitrogens with zero attached hydrogens (tertiary/aromatic N) is 2. The number of piperidine rings is 1. The van der Waals surface area contributed by atoms with E-state index in [-0.39, 0.29) is 0 Å². The van der Waals surface area contributed by atoms with Gasteiger partial charge in [0.05, 0.1) is 5.51 Å². The topological polar surface area (TPSA) is 28.2 Å². The second-order valence-electron chi connectivity index (χ2n) is 4.85. The molecular weight excluding hydrogens is 230 g/mol. The quantitative estimate of drug-likeness (QED) is 0.844. The third-order valence-electron chi connectivity index (χ3n) is 3.29. The minimum Gasteiger partial charge on any atom is -0.313 e. The maximum Gasteiger partial charge on any atom is 0.0794 e. The van der Waals surface area contributed by atoms with Crippen molar-refractivity contribution in [2.45, 2.75) is 45.2 Å². The second-order valence-corrected chi connectivity index (χ2v) is 5.82. The van der Waals surface area contributed by atoms with Crippen LogP contribution in [0.4, 0.5) is 0 Å². The van der Waals surface area contributed by atoms with Gasteiger partial charge in [-0.25, -0.2) is 0 Å². The summed E-state index contributed by atoms with van der Waals surface area (Å²) < 4.78 is 0. The molecule has 3 nitrogen and oxygen atoms in total. The highest BCUT2D eigenvalue weighted by molar-refractivity contribution is 7.09. The van der Waals surface area contributed by atoms with Crippen LogP contribution in [0.25, 0.3) is 0 Å². The molecule has 0 bridgehead atoms. The van der Waals surface area contributed by atoms with Crippen LogP contribution in [-0.2, 0) is 6.54 Å². The molecule has 1 fully saturated rings. The first kappa shape index (κ1) is 13.0. The first-order valence-electron chi connectivity index (χ1n) is 6.71. The van der Waals surface area contributed by atoms with E-state index in [2.05, 4.69) is 22.1 Å². The van der Waals surface area contributed by atoms with Crippen molar-refractivity contribution in [3.63, 3.8) is 0 Å². The molecule has 1 atom stereocenters. The van der Waals surface area contributed by atoms with Crippen LogP contribution in [0, 0.1) is 0 Å². The number of nitrogens with one attached hydrogen (secondary N) is 1. The molecule has 0 spiro atoms. The first-order valence-corrected chi connectivity index (χ1v) is 7.59. The average molecular weight is 253 g/mol. The van der Waals surface area contributed by atoms with Gasteiger partial charge in [0.2, 0.25) is 0 Å². The van der Waals surface area contributed by atoms with Crippen molar-refractivity contribution in [1.29, 1.82) is 0 Å². The van der Waals surface area contributed by atoms with Crippen molar-refractivity contribution >= 4 is 11.3 Å². The minimum atomic E-state index is 0.697. The molecule has 1 aromatic heterocycles. The van der Waals surface area contributed by atoms with E-state index in [1.807, 2.05) is 11.7 Å². The van der Waals surface area contributed by atoms with Crippen molar-refractivity contribution in [2.75, 3.05) is 19.6 Å². The maximum absolute atomic E-state index is 4.16. The third kappa shape index (κ3) is 4.37. The van der Waals surface area contributed by atoms with Gasteiger partial charge in [0.1, 0.15) is 0 Å². The summed E-state index contributed by atoms with van der Waals surface area (Å²) in [5.41, 5.74) is 1.93. The van der Waals surface area contributed by atoms with E-state index in [0.29, 0.717) is 6.04 Å². The molecule has 1 saturated heterocycles. The van der Waals surface area contributed by atoms with Crippen LogP contribution in [0.5, 0.6) is 0 Å². The lowest BCUT2D eigenvalue weighted by molar-refractivity contribution is 0.218. The zero-order valence-corrected chi connectivity index (χ0v) is 11.5. The van der Waals surface area contributed by atoms with Gasteiger partial charge in [-0.1, -0.05) is 13.3 Å². The molecule has 0 aromatic carbocycles. The second kappa shape index (κ2) is 7.09.